The highest BCUT2D eigenvalue weighted by atomic mass is 19.1. The Balaban J connectivity index is 1.92. The van der Waals surface area contributed by atoms with Gasteiger partial charge < -0.3 is 14.5 Å². The molecule has 178 valence electrons. The topological polar surface area (TPSA) is 84.7 Å². The molecule has 0 saturated carbocycles. The SMILES string of the molecule is CCOC(=O)c1cn(-c2ccc(F)cc2F)c2nc(N3CCN(C(C)=O)CC3)c(F)cc2c1=O. The first-order chi connectivity index (χ1) is 16.2. The van der Waals surface area contributed by atoms with E-state index in [0.717, 1.165) is 29.0 Å². The highest BCUT2D eigenvalue weighted by Gasteiger charge is 2.25. The van der Waals surface area contributed by atoms with Crippen molar-refractivity contribution in [2.24, 2.45) is 0 Å². The Labute approximate surface area is 192 Å². The number of carbonyl (C=O) groups is 2. The van der Waals surface area contributed by atoms with Crippen molar-refractivity contribution in [1.82, 2.24) is 14.5 Å². The lowest BCUT2D eigenvalue weighted by atomic mass is 10.1. The lowest BCUT2D eigenvalue weighted by molar-refractivity contribution is -0.129. The third-order valence-corrected chi connectivity index (χ3v) is 5.60. The highest BCUT2D eigenvalue weighted by Crippen LogP contribution is 2.26. The second-order valence-electron chi connectivity index (χ2n) is 7.72. The largest absolute Gasteiger partial charge is 0.462 e. The van der Waals surface area contributed by atoms with Gasteiger partial charge >= 0.3 is 5.97 Å². The van der Waals surface area contributed by atoms with Crippen molar-refractivity contribution in [3.8, 4) is 5.69 Å². The van der Waals surface area contributed by atoms with E-state index < -0.39 is 34.4 Å². The molecule has 1 aliphatic heterocycles. The van der Waals surface area contributed by atoms with Crippen molar-refractivity contribution < 1.29 is 27.5 Å². The van der Waals surface area contributed by atoms with Gasteiger partial charge in [-0.1, -0.05) is 0 Å². The summed E-state index contributed by atoms with van der Waals surface area (Å²) in [6, 6.07) is 3.73. The lowest BCUT2D eigenvalue weighted by Crippen LogP contribution is -2.48. The molecule has 0 N–H and O–H groups in total. The maximum Gasteiger partial charge on any atom is 0.343 e. The highest BCUT2D eigenvalue weighted by molar-refractivity contribution is 5.94. The summed E-state index contributed by atoms with van der Waals surface area (Å²) in [6.07, 6.45) is 1.06. The zero-order valence-electron chi connectivity index (χ0n) is 18.5. The van der Waals surface area contributed by atoms with Crippen LogP contribution in [0.3, 0.4) is 0 Å². The molecule has 2 aromatic heterocycles. The average molecular weight is 474 g/mol. The molecule has 0 unspecified atom stereocenters. The van der Waals surface area contributed by atoms with E-state index in [2.05, 4.69) is 4.98 Å². The Kier molecular flexibility index (Phi) is 6.27. The molecule has 1 saturated heterocycles. The molecule has 0 bridgehead atoms. The first kappa shape index (κ1) is 23.3. The standard InChI is InChI=1S/C23H21F3N4O4/c1-3-34-23(33)16-12-30(19-5-4-14(24)10-17(19)25)21-15(20(16)32)11-18(26)22(27-21)29-8-6-28(7-9-29)13(2)31/h4-5,10-12H,3,6-9H2,1-2H3. The Hall–Kier alpha value is -3.89. The van der Waals surface area contributed by atoms with Crippen LogP contribution in [0.4, 0.5) is 19.0 Å². The molecule has 4 rings (SSSR count). The van der Waals surface area contributed by atoms with Crippen LogP contribution in [0.25, 0.3) is 16.7 Å². The van der Waals surface area contributed by atoms with Crippen molar-refractivity contribution >= 4 is 28.7 Å². The van der Waals surface area contributed by atoms with E-state index in [9.17, 15) is 23.2 Å². The Morgan fingerprint density at radius 3 is 2.38 bits per heavy atom. The van der Waals surface area contributed by atoms with Gasteiger partial charge in [-0.2, -0.15) is 0 Å². The predicted octanol–water partition coefficient (Wildman–Crippen LogP) is 2.65. The maximum absolute atomic E-state index is 15.1. The second kappa shape index (κ2) is 9.16. The summed E-state index contributed by atoms with van der Waals surface area (Å²) in [6.45, 7) is 4.29. The van der Waals surface area contributed by atoms with Crippen molar-refractivity contribution in [2.45, 2.75) is 13.8 Å². The monoisotopic (exact) mass is 474 g/mol. The van der Waals surface area contributed by atoms with Crippen LogP contribution in [0.5, 0.6) is 0 Å². The lowest BCUT2D eigenvalue weighted by Gasteiger charge is -2.35. The predicted molar refractivity (Wildman–Crippen MR) is 118 cm³/mol. The number of hydrogen-bond donors (Lipinski definition) is 0. The smallest absolute Gasteiger partial charge is 0.343 e. The van der Waals surface area contributed by atoms with E-state index in [0.29, 0.717) is 32.2 Å². The van der Waals surface area contributed by atoms with Gasteiger partial charge in [0.25, 0.3) is 0 Å². The number of aromatic nitrogens is 2. The number of rotatable bonds is 4. The van der Waals surface area contributed by atoms with Crippen molar-refractivity contribution in [3.63, 3.8) is 0 Å². The van der Waals surface area contributed by atoms with E-state index in [1.807, 2.05) is 0 Å². The second-order valence-corrected chi connectivity index (χ2v) is 7.72. The van der Waals surface area contributed by atoms with E-state index in [1.54, 1.807) is 16.7 Å². The first-order valence-electron chi connectivity index (χ1n) is 10.6. The van der Waals surface area contributed by atoms with Gasteiger partial charge in [-0.15, -0.1) is 0 Å². The van der Waals surface area contributed by atoms with Crippen LogP contribution in [0.1, 0.15) is 24.2 Å². The van der Waals surface area contributed by atoms with Crippen LogP contribution in [-0.2, 0) is 9.53 Å². The molecule has 1 fully saturated rings. The number of benzene rings is 1. The van der Waals surface area contributed by atoms with Crippen LogP contribution in [0.2, 0.25) is 0 Å². The number of pyridine rings is 2. The molecule has 1 aromatic carbocycles. The summed E-state index contributed by atoms with van der Waals surface area (Å²) >= 11 is 0. The maximum atomic E-state index is 15.1. The molecule has 34 heavy (non-hydrogen) atoms. The van der Waals surface area contributed by atoms with Crippen LogP contribution >= 0.6 is 0 Å². The molecule has 8 nitrogen and oxygen atoms in total. The molecule has 3 aromatic rings. The minimum absolute atomic E-state index is 0.0149. The number of amides is 1. The van der Waals surface area contributed by atoms with Gasteiger partial charge in [0.05, 0.1) is 17.7 Å². The molecule has 11 heteroatoms. The van der Waals surface area contributed by atoms with E-state index >= 15 is 4.39 Å². The van der Waals surface area contributed by atoms with Crippen LogP contribution < -0.4 is 10.3 Å². The molecule has 0 radical (unpaired) electrons. The number of nitrogens with zero attached hydrogens (tertiary/aromatic N) is 4. The summed E-state index contributed by atoms with van der Waals surface area (Å²) in [5.74, 6) is -3.75. The summed E-state index contributed by atoms with van der Waals surface area (Å²) in [4.78, 5) is 44.5. The van der Waals surface area contributed by atoms with Gasteiger partial charge in [0.2, 0.25) is 11.3 Å². The Bertz CT molecular complexity index is 1350. The van der Waals surface area contributed by atoms with Crippen LogP contribution in [-0.4, -0.2) is 59.1 Å². The molecular formula is C23H21F3N4O4. The molecule has 3 heterocycles. The quantitative estimate of drug-likeness (QED) is 0.541. The molecule has 1 amide bonds. The molecule has 0 atom stereocenters. The molecule has 0 aliphatic carbocycles. The van der Waals surface area contributed by atoms with Crippen molar-refractivity contribution in [2.75, 3.05) is 37.7 Å². The number of halogens is 3. The normalized spacial score (nSPS) is 13.9. The molecule has 1 aliphatic rings. The third kappa shape index (κ3) is 4.20. The van der Waals surface area contributed by atoms with Crippen molar-refractivity contribution in [3.05, 3.63) is 63.7 Å². The fourth-order valence-corrected chi connectivity index (χ4v) is 3.88. The van der Waals surface area contributed by atoms with Gasteiger partial charge in [-0.3, -0.25) is 14.2 Å². The Morgan fingerprint density at radius 2 is 1.76 bits per heavy atom. The fraction of sp³-hybridized carbons (Fsp3) is 0.304. The number of hydrogen-bond acceptors (Lipinski definition) is 6. The van der Waals surface area contributed by atoms with E-state index in [-0.39, 0.29) is 35.1 Å². The van der Waals surface area contributed by atoms with E-state index in [4.69, 9.17) is 4.74 Å². The number of ether oxygens (including phenoxy) is 1. The number of carbonyl (C=O) groups excluding carboxylic acids is 2. The molecule has 0 spiro atoms. The number of esters is 1. The van der Waals surface area contributed by atoms with Gasteiger partial charge in [-0.25, -0.2) is 22.9 Å². The number of fused-ring (bicyclic) bond motifs is 1. The van der Waals surface area contributed by atoms with E-state index in [1.165, 1.54) is 6.92 Å². The number of anilines is 1. The third-order valence-electron chi connectivity index (χ3n) is 5.60. The minimum atomic E-state index is -0.970. The summed E-state index contributed by atoms with van der Waals surface area (Å²) in [5, 5.41) is -0.266. The van der Waals surface area contributed by atoms with Gasteiger partial charge in [0.1, 0.15) is 17.2 Å². The van der Waals surface area contributed by atoms with Gasteiger partial charge in [0.15, 0.2) is 17.3 Å². The molecular weight excluding hydrogens is 453 g/mol. The summed E-state index contributed by atoms with van der Waals surface area (Å²) in [7, 11) is 0. The zero-order valence-corrected chi connectivity index (χ0v) is 18.5. The van der Waals surface area contributed by atoms with Crippen molar-refractivity contribution in [1.29, 1.82) is 0 Å². The first-order valence-corrected chi connectivity index (χ1v) is 10.6. The minimum Gasteiger partial charge on any atom is -0.462 e. The van der Waals surface area contributed by atoms with Crippen LogP contribution in [0.15, 0.2) is 35.3 Å². The van der Waals surface area contributed by atoms with Gasteiger partial charge in [-0.05, 0) is 25.1 Å². The fourth-order valence-electron chi connectivity index (χ4n) is 3.88. The number of piperazine rings is 1. The zero-order chi connectivity index (χ0) is 24.6. The van der Waals surface area contributed by atoms with Gasteiger partial charge in [0, 0.05) is 45.4 Å². The van der Waals surface area contributed by atoms with Crippen LogP contribution in [0, 0.1) is 17.5 Å². The average Bonchev–Trinajstić information content (AvgIpc) is 2.80. The summed E-state index contributed by atoms with van der Waals surface area (Å²) < 4.78 is 49.4. The summed E-state index contributed by atoms with van der Waals surface area (Å²) in [5.41, 5.74) is -1.58. The Morgan fingerprint density at radius 1 is 1.06 bits per heavy atom.